The maximum Gasteiger partial charge on any atom is 0.131 e. The van der Waals surface area contributed by atoms with Gasteiger partial charge in [-0.25, -0.2) is 0 Å². The van der Waals surface area contributed by atoms with Gasteiger partial charge < -0.3 is 0 Å². The summed E-state index contributed by atoms with van der Waals surface area (Å²) in [7, 11) is 0. The van der Waals surface area contributed by atoms with Gasteiger partial charge in [-0.2, -0.15) is 0 Å². The van der Waals surface area contributed by atoms with E-state index in [1.807, 2.05) is 0 Å². The fourth-order valence-corrected chi connectivity index (χ4v) is 2.38. The summed E-state index contributed by atoms with van der Waals surface area (Å²) in [6.45, 7) is 7.16. The number of ketones is 1. The summed E-state index contributed by atoms with van der Waals surface area (Å²) in [5.74, 6) is 0.270. The maximum absolute atomic E-state index is 11.2. The number of rotatable bonds is 4. The van der Waals surface area contributed by atoms with Crippen LogP contribution in [0.4, 0.5) is 0 Å². The van der Waals surface area contributed by atoms with Gasteiger partial charge in [0.15, 0.2) is 0 Å². The first-order valence-corrected chi connectivity index (χ1v) is 6.04. The first-order chi connectivity index (χ1) is 7.09. The zero-order valence-electron chi connectivity index (χ0n) is 9.47. The van der Waals surface area contributed by atoms with Crippen molar-refractivity contribution in [2.45, 2.75) is 45.1 Å². The first-order valence-electron chi connectivity index (χ1n) is 5.66. The second-order valence-corrected chi connectivity index (χ2v) is 4.93. The largest absolute Gasteiger partial charge is 0.300 e. The van der Waals surface area contributed by atoms with Crippen LogP contribution in [-0.4, -0.2) is 29.8 Å². The number of carbonyl (C=O) groups is 1. The van der Waals surface area contributed by atoms with E-state index in [0.29, 0.717) is 17.5 Å². The molecule has 0 radical (unpaired) electrons. The van der Waals surface area contributed by atoms with E-state index in [2.05, 4.69) is 11.5 Å². The van der Waals surface area contributed by atoms with Crippen LogP contribution in [0, 0.1) is 0 Å². The summed E-state index contributed by atoms with van der Waals surface area (Å²) >= 11 is 5.85. The summed E-state index contributed by atoms with van der Waals surface area (Å²) < 4.78 is 0. The van der Waals surface area contributed by atoms with Crippen LogP contribution < -0.4 is 0 Å². The summed E-state index contributed by atoms with van der Waals surface area (Å²) in [6, 6.07) is 0.375. The SMILES string of the molecule is C=C(Cl)CN1CCCCCC1CC(C)=O. The molecule has 0 N–H and O–H groups in total. The Morgan fingerprint density at radius 3 is 2.80 bits per heavy atom. The Labute approximate surface area is 97.3 Å². The van der Waals surface area contributed by atoms with Gasteiger partial charge in [0.1, 0.15) is 5.78 Å². The fraction of sp³-hybridized carbons (Fsp3) is 0.750. The van der Waals surface area contributed by atoms with Crippen LogP contribution in [0.2, 0.25) is 0 Å². The van der Waals surface area contributed by atoms with Crippen molar-refractivity contribution in [2.24, 2.45) is 0 Å². The molecule has 0 spiro atoms. The van der Waals surface area contributed by atoms with Crippen LogP contribution in [0.5, 0.6) is 0 Å². The van der Waals surface area contributed by atoms with Crippen LogP contribution in [0.15, 0.2) is 11.6 Å². The zero-order chi connectivity index (χ0) is 11.3. The molecule has 86 valence electrons. The number of likely N-dealkylation sites (tertiary alicyclic amines) is 1. The number of nitrogens with zero attached hydrogens (tertiary/aromatic N) is 1. The van der Waals surface area contributed by atoms with Crippen molar-refractivity contribution >= 4 is 17.4 Å². The van der Waals surface area contributed by atoms with E-state index in [0.717, 1.165) is 19.5 Å². The second-order valence-electron chi connectivity index (χ2n) is 4.40. The van der Waals surface area contributed by atoms with Crippen molar-refractivity contribution < 1.29 is 4.79 Å². The third kappa shape index (κ3) is 4.80. The lowest BCUT2D eigenvalue weighted by Crippen LogP contribution is -2.37. The highest BCUT2D eigenvalue weighted by molar-refractivity contribution is 6.29. The third-order valence-corrected chi connectivity index (χ3v) is 3.02. The molecule has 0 aromatic rings. The van der Waals surface area contributed by atoms with Gasteiger partial charge in [-0.3, -0.25) is 9.69 Å². The molecule has 0 aromatic carbocycles. The predicted molar refractivity (Wildman–Crippen MR) is 64.1 cm³/mol. The molecule has 0 saturated carbocycles. The van der Waals surface area contributed by atoms with E-state index in [1.54, 1.807) is 6.92 Å². The number of carbonyl (C=O) groups excluding carboxylic acids is 1. The van der Waals surface area contributed by atoms with E-state index in [-0.39, 0.29) is 5.78 Å². The van der Waals surface area contributed by atoms with Gasteiger partial charge >= 0.3 is 0 Å². The summed E-state index contributed by atoms with van der Waals surface area (Å²) in [4.78, 5) is 13.5. The normalized spacial score (nSPS) is 23.5. The van der Waals surface area contributed by atoms with E-state index >= 15 is 0 Å². The first kappa shape index (κ1) is 12.7. The molecule has 1 saturated heterocycles. The maximum atomic E-state index is 11.2. The van der Waals surface area contributed by atoms with Gasteiger partial charge in [0.05, 0.1) is 0 Å². The minimum absolute atomic E-state index is 0.270. The molecule has 0 aliphatic carbocycles. The van der Waals surface area contributed by atoms with Gasteiger partial charge in [-0.1, -0.05) is 31.0 Å². The molecule has 1 aliphatic rings. The molecule has 3 heteroatoms. The van der Waals surface area contributed by atoms with Crippen molar-refractivity contribution in [1.29, 1.82) is 0 Å². The molecule has 15 heavy (non-hydrogen) atoms. The lowest BCUT2D eigenvalue weighted by atomic mass is 10.0. The topological polar surface area (TPSA) is 20.3 Å². The van der Waals surface area contributed by atoms with Crippen LogP contribution in [0.3, 0.4) is 0 Å². The predicted octanol–water partition coefficient (Wildman–Crippen LogP) is 2.96. The van der Waals surface area contributed by atoms with Crippen molar-refractivity contribution in [2.75, 3.05) is 13.1 Å². The van der Waals surface area contributed by atoms with Gasteiger partial charge in [-0.15, -0.1) is 0 Å². The highest BCUT2D eigenvalue weighted by Crippen LogP contribution is 2.20. The van der Waals surface area contributed by atoms with Gasteiger partial charge in [0, 0.05) is 24.0 Å². The molecule has 1 heterocycles. The number of hydrogen-bond donors (Lipinski definition) is 0. The highest BCUT2D eigenvalue weighted by Gasteiger charge is 2.22. The summed E-state index contributed by atoms with van der Waals surface area (Å²) in [6.07, 6.45) is 5.47. The van der Waals surface area contributed by atoms with Crippen molar-refractivity contribution in [1.82, 2.24) is 4.90 Å². The van der Waals surface area contributed by atoms with Gasteiger partial charge in [0.25, 0.3) is 0 Å². The monoisotopic (exact) mass is 229 g/mol. The molecule has 2 nitrogen and oxygen atoms in total. The summed E-state index contributed by atoms with van der Waals surface area (Å²) in [5.41, 5.74) is 0. The molecule has 0 aromatic heterocycles. The van der Waals surface area contributed by atoms with E-state index < -0.39 is 0 Å². The average molecular weight is 230 g/mol. The Kier molecular flexibility index (Phi) is 5.34. The highest BCUT2D eigenvalue weighted by atomic mass is 35.5. The van der Waals surface area contributed by atoms with E-state index in [4.69, 9.17) is 11.6 Å². The minimum atomic E-state index is 0.270. The van der Waals surface area contributed by atoms with Crippen LogP contribution in [0.25, 0.3) is 0 Å². The molecular weight excluding hydrogens is 210 g/mol. The molecule has 1 fully saturated rings. The molecule has 1 rings (SSSR count). The minimum Gasteiger partial charge on any atom is -0.300 e. The van der Waals surface area contributed by atoms with Crippen molar-refractivity contribution in [3.05, 3.63) is 11.6 Å². The van der Waals surface area contributed by atoms with Gasteiger partial charge in [-0.05, 0) is 26.3 Å². The molecule has 0 bridgehead atoms. The van der Waals surface area contributed by atoms with Crippen LogP contribution in [0.1, 0.15) is 39.0 Å². The quantitative estimate of drug-likeness (QED) is 0.739. The lowest BCUT2D eigenvalue weighted by molar-refractivity contribution is -0.118. The number of hydrogen-bond acceptors (Lipinski definition) is 2. The lowest BCUT2D eigenvalue weighted by Gasteiger charge is -2.28. The second kappa shape index (κ2) is 6.29. The Bertz CT molecular complexity index is 216. The molecule has 1 unspecified atom stereocenters. The molecule has 1 atom stereocenters. The average Bonchev–Trinajstić information content (AvgIpc) is 2.30. The van der Waals surface area contributed by atoms with Crippen LogP contribution in [-0.2, 0) is 4.79 Å². The third-order valence-electron chi connectivity index (χ3n) is 2.90. The Morgan fingerprint density at radius 1 is 1.47 bits per heavy atom. The Balaban J connectivity index is 2.58. The number of halogens is 1. The van der Waals surface area contributed by atoms with Crippen LogP contribution >= 0.6 is 11.6 Å². The Hall–Kier alpha value is -0.340. The van der Waals surface area contributed by atoms with E-state index in [1.165, 1.54) is 19.3 Å². The van der Waals surface area contributed by atoms with E-state index in [9.17, 15) is 4.79 Å². The van der Waals surface area contributed by atoms with Crippen molar-refractivity contribution in [3.8, 4) is 0 Å². The molecule has 1 aliphatic heterocycles. The van der Waals surface area contributed by atoms with Crippen molar-refractivity contribution in [3.63, 3.8) is 0 Å². The summed E-state index contributed by atoms with van der Waals surface area (Å²) in [5, 5.41) is 0.672. The zero-order valence-corrected chi connectivity index (χ0v) is 10.2. The number of Topliss-reactive ketones (excluding diaryl/α,β-unsaturated/α-hetero) is 1. The molecule has 0 amide bonds. The fourth-order valence-electron chi connectivity index (χ4n) is 2.23. The Morgan fingerprint density at radius 2 is 2.20 bits per heavy atom. The smallest absolute Gasteiger partial charge is 0.131 e. The molecular formula is C12H20ClNO. The standard InChI is InChI=1S/C12H20ClNO/c1-10(13)9-14-7-5-3-4-6-12(14)8-11(2)15/h12H,1,3-9H2,2H3. The van der Waals surface area contributed by atoms with Gasteiger partial charge in [0.2, 0.25) is 0 Å².